The first-order valence-electron chi connectivity index (χ1n) is 8.56. The predicted molar refractivity (Wildman–Crippen MR) is 93.8 cm³/mol. The third kappa shape index (κ3) is 6.24. The zero-order valence-corrected chi connectivity index (χ0v) is 14.9. The largest absolute Gasteiger partial charge is 0.508 e. The number of phenols is 1. The van der Waals surface area contributed by atoms with Crippen molar-refractivity contribution in [2.24, 2.45) is 0 Å². The van der Waals surface area contributed by atoms with Crippen LogP contribution in [-0.2, 0) is 19.0 Å². The van der Waals surface area contributed by atoms with E-state index in [1.54, 1.807) is 12.1 Å². The number of hydrogen-bond acceptors (Lipinski definition) is 10. The lowest BCUT2D eigenvalue weighted by Crippen LogP contribution is -2.59. The van der Waals surface area contributed by atoms with E-state index in [0.29, 0.717) is 5.56 Å². The SMILES string of the molecule is O=C(/C=C/c1ccc(O)cc1)OC[C@H](O)CO[C@H]1O[C@@H](CO)[C@H](O)[C@@H](O)[C@@H]1O. The summed E-state index contributed by atoms with van der Waals surface area (Å²) in [6, 6.07) is 6.13. The third-order valence-electron chi connectivity index (χ3n) is 4.02. The van der Waals surface area contributed by atoms with Crippen molar-refractivity contribution in [2.45, 2.75) is 36.8 Å². The molecular formula is C18H24O10. The van der Waals surface area contributed by atoms with Crippen LogP contribution in [0.15, 0.2) is 30.3 Å². The van der Waals surface area contributed by atoms with Crippen LogP contribution in [0.1, 0.15) is 5.56 Å². The Labute approximate surface area is 160 Å². The van der Waals surface area contributed by atoms with Crippen molar-refractivity contribution in [3.63, 3.8) is 0 Å². The smallest absolute Gasteiger partial charge is 0.330 e. The van der Waals surface area contributed by atoms with Crippen LogP contribution < -0.4 is 0 Å². The van der Waals surface area contributed by atoms with Crippen LogP contribution in [0, 0.1) is 0 Å². The Bertz CT molecular complexity index is 644. The molecule has 0 saturated carbocycles. The number of hydrogen-bond donors (Lipinski definition) is 6. The Morgan fingerprint density at radius 2 is 1.79 bits per heavy atom. The minimum absolute atomic E-state index is 0.0993. The molecule has 1 aliphatic heterocycles. The van der Waals surface area contributed by atoms with Crippen LogP contribution >= 0.6 is 0 Å². The number of aliphatic hydroxyl groups excluding tert-OH is 5. The van der Waals surface area contributed by atoms with E-state index in [9.17, 15) is 30.3 Å². The molecule has 28 heavy (non-hydrogen) atoms. The summed E-state index contributed by atoms with van der Waals surface area (Å²) in [7, 11) is 0. The van der Waals surface area contributed by atoms with Gasteiger partial charge in [-0.2, -0.15) is 0 Å². The van der Waals surface area contributed by atoms with Gasteiger partial charge in [-0.3, -0.25) is 0 Å². The molecule has 156 valence electrons. The van der Waals surface area contributed by atoms with Gasteiger partial charge in [0.05, 0.1) is 13.2 Å². The molecule has 0 radical (unpaired) electrons. The van der Waals surface area contributed by atoms with E-state index in [2.05, 4.69) is 0 Å². The van der Waals surface area contributed by atoms with Crippen molar-refractivity contribution < 1.29 is 49.6 Å². The van der Waals surface area contributed by atoms with Crippen molar-refractivity contribution in [1.82, 2.24) is 0 Å². The molecule has 0 bridgehead atoms. The first kappa shape index (κ1) is 22.2. The summed E-state index contributed by atoms with van der Waals surface area (Å²) in [6.45, 7) is -1.38. The zero-order valence-electron chi connectivity index (χ0n) is 14.9. The quantitative estimate of drug-likeness (QED) is 0.215. The van der Waals surface area contributed by atoms with E-state index in [1.165, 1.54) is 18.2 Å². The van der Waals surface area contributed by atoms with Crippen molar-refractivity contribution in [1.29, 1.82) is 0 Å². The van der Waals surface area contributed by atoms with E-state index in [-0.39, 0.29) is 5.75 Å². The lowest BCUT2D eigenvalue weighted by Gasteiger charge is -2.39. The van der Waals surface area contributed by atoms with E-state index in [1.807, 2.05) is 0 Å². The summed E-state index contributed by atoms with van der Waals surface area (Å²) < 4.78 is 15.1. The fourth-order valence-corrected chi connectivity index (χ4v) is 2.44. The van der Waals surface area contributed by atoms with Crippen LogP contribution in [0.4, 0.5) is 0 Å². The maximum absolute atomic E-state index is 11.6. The molecule has 1 fully saturated rings. The number of benzene rings is 1. The summed E-state index contributed by atoms with van der Waals surface area (Å²) in [5, 5.41) is 57.2. The summed E-state index contributed by atoms with van der Waals surface area (Å²) in [4.78, 5) is 11.6. The van der Waals surface area contributed by atoms with Crippen LogP contribution in [0.3, 0.4) is 0 Å². The van der Waals surface area contributed by atoms with Gasteiger partial charge in [0, 0.05) is 6.08 Å². The summed E-state index contributed by atoms with van der Waals surface area (Å²) in [6.07, 6.45) is -5.80. The molecule has 6 N–H and O–H groups in total. The second kappa shape index (κ2) is 10.5. The molecule has 0 aromatic heterocycles. The number of aromatic hydroxyl groups is 1. The Kier molecular flexibility index (Phi) is 8.33. The van der Waals surface area contributed by atoms with Gasteiger partial charge in [-0.15, -0.1) is 0 Å². The minimum atomic E-state index is -1.59. The number of ether oxygens (including phenoxy) is 3. The highest BCUT2D eigenvalue weighted by molar-refractivity contribution is 5.87. The molecule has 10 nitrogen and oxygen atoms in total. The van der Waals surface area contributed by atoms with E-state index in [0.717, 1.165) is 6.08 Å². The van der Waals surface area contributed by atoms with Gasteiger partial charge in [-0.25, -0.2) is 4.79 Å². The standard InChI is InChI=1S/C18H24O10/c19-7-13-15(23)16(24)17(25)18(28-13)27-9-12(21)8-26-14(22)6-3-10-1-4-11(20)5-2-10/h1-6,12-13,15-21,23-25H,7-9H2/b6-3+/t12-,13-,15-,16+,17-,18-/m0/s1. The van der Waals surface area contributed by atoms with Gasteiger partial charge in [-0.05, 0) is 23.8 Å². The molecule has 1 aromatic carbocycles. The Morgan fingerprint density at radius 3 is 2.43 bits per heavy atom. The molecule has 6 atom stereocenters. The molecule has 1 aliphatic rings. The van der Waals surface area contributed by atoms with Gasteiger partial charge in [-0.1, -0.05) is 12.1 Å². The van der Waals surface area contributed by atoms with Crippen molar-refractivity contribution in [2.75, 3.05) is 19.8 Å². The maximum atomic E-state index is 11.6. The van der Waals surface area contributed by atoms with Gasteiger partial charge < -0.3 is 44.8 Å². The van der Waals surface area contributed by atoms with Gasteiger partial charge in [0.25, 0.3) is 0 Å². The topological polar surface area (TPSA) is 166 Å². The molecule has 2 rings (SSSR count). The van der Waals surface area contributed by atoms with Crippen molar-refractivity contribution in [3.8, 4) is 5.75 Å². The summed E-state index contributed by atoms with van der Waals surface area (Å²) >= 11 is 0. The molecule has 0 spiro atoms. The number of aliphatic hydroxyl groups is 5. The highest BCUT2D eigenvalue weighted by Gasteiger charge is 2.44. The fourth-order valence-electron chi connectivity index (χ4n) is 2.44. The van der Waals surface area contributed by atoms with Crippen LogP contribution in [0.5, 0.6) is 5.75 Å². The zero-order chi connectivity index (χ0) is 20.7. The first-order chi connectivity index (χ1) is 13.3. The molecule has 1 saturated heterocycles. The van der Waals surface area contributed by atoms with Crippen molar-refractivity contribution in [3.05, 3.63) is 35.9 Å². The second-order valence-electron chi connectivity index (χ2n) is 6.24. The third-order valence-corrected chi connectivity index (χ3v) is 4.02. The average molecular weight is 400 g/mol. The number of esters is 1. The molecule has 0 amide bonds. The number of carbonyl (C=O) groups is 1. The normalized spacial score (nSPS) is 29.0. The molecule has 10 heteroatoms. The number of phenolic OH excluding ortho intramolecular Hbond substituents is 1. The van der Waals surface area contributed by atoms with Crippen LogP contribution in [0.25, 0.3) is 6.08 Å². The van der Waals surface area contributed by atoms with E-state index >= 15 is 0 Å². The highest BCUT2D eigenvalue weighted by atomic mass is 16.7. The van der Waals surface area contributed by atoms with E-state index in [4.69, 9.17) is 19.3 Å². The second-order valence-corrected chi connectivity index (χ2v) is 6.24. The molecular weight excluding hydrogens is 376 g/mol. The monoisotopic (exact) mass is 400 g/mol. The van der Waals surface area contributed by atoms with Crippen LogP contribution in [0.2, 0.25) is 0 Å². The number of carbonyl (C=O) groups excluding carboxylic acids is 1. The Morgan fingerprint density at radius 1 is 1.11 bits per heavy atom. The predicted octanol–water partition coefficient (Wildman–Crippen LogP) is -1.87. The van der Waals surface area contributed by atoms with Gasteiger partial charge in [0.15, 0.2) is 6.29 Å². The summed E-state index contributed by atoms with van der Waals surface area (Å²) in [5.41, 5.74) is 0.668. The van der Waals surface area contributed by atoms with Gasteiger partial charge in [0.1, 0.15) is 42.9 Å². The highest BCUT2D eigenvalue weighted by Crippen LogP contribution is 2.22. The Hall–Kier alpha value is -2.05. The lowest BCUT2D eigenvalue weighted by atomic mass is 9.99. The molecule has 0 unspecified atom stereocenters. The first-order valence-corrected chi connectivity index (χ1v) is 8.56. The lowest BCUT2D eigenvalue weighted by molar-refractivity contribution is -0.304. The molecule has 0 aliphatic carbocycles. The average Bonchev–Trinajstić information content (AvgIpc) is 2.69. The van der Waals surface area contributed by atoms with Gasteiger partial charge >= 0.3 is 5.97 Å². The Balaban J connectivity index is 1.73. The molecule has 1 heterocycles. The van der Waals surface area contributed by atoms with Crippen molar-refractivity contribution >= 4 is 12.0 Å². The minimum Gasteiger partial charge on any atom is -0.508 e. The van der Waals surface area contributed by atoms with Crippen LogP contribution in [-0.4, -0.2) is 93.2 Å². The fraction of sp³-hybridized carbons (Fsp3) is 0.500. The summed E-state index contributed by atoms with van der Waals surface area (Å²) in [5.74, 6) is -0.609. The van der Waals surface area contributed by atoms with E-state index < -0.39 is 62.6 Å². The number of rotatable bonds is 8. The molecule has 1 aromatic rings. The maximum Gasteiger partial charge on any atom is 0.330 e. The van der Waals surface area contributed by atoms with Gasteiger partial charge in [0.2, 0.25) is 0 Å².